The molecule has 1 radical (unpaired) electrons. The summed E-state index contributed by atoms with van der Waals surface area (Å²) in [6.07, 6.45) is 1.88. The normalized spacial score (nSPS) is 11.9. The van der Waals surface area contributed by atoms with E-state index < -0.39 is 17.9 Å². The SMILES string of the molecule is CCCCc1cccc(C(=O)C(O)C(=O)O)c1[C]=O. The lowest BCUT2D eigenvalue weighted by molar-refractivity contribution is -0.143. The quantitative estimate of drug-likeness (QED) is 0.568. The van der Waals surface area contributed by atoms with Crippen molar-refractivity contribution in [3.63, 3.8) is 0 Å². The molecule has 5 nitrogen and oxygen atoms in total. The van der Waals surface area contributed by atoms with Crippen LogP contribution >= 0.6 is 0 Å². The minimum absolute atomic E-state index is 0.0428. The van der Waals surface area contributed by atoms with Gasteiger partial charge in [0.15, 0.2) is 0 Å². The first-order chi connectivity index (χ1) is 9.02. The first-order valence-corrected chi connectivity index (χ1v) is 5.98. The smallest absolute Gasteiger partial charge is 0.340 e. The van der Waals surface area contributed by atoms with Crippen LogP contribution in [0.4, 0.5) is 0 Å². The Morgan fingerprint density at radius 2 is 2.05 bits per heavy atom. The van der Waals surface area contributed by atoms with Crippen LogP contribution in [-0.4, -0.2) is 34.4 Å². The summed E-state index contributed by atoms with van der Waals surface area (Å²) >= 11 is 0. The van der Waals surface area contributed by atoms with Crippen LogP contribution in [0.3, 0.4) is 0 Å². The van der Waals surface area contributed by atoms with Gasteiger partial charge in [-0.3, -0.25) is 9.59 Å². The van der Waals surface area contributed by atoms with E-state index in [1.807, 2.05) is 6.92 Å². The molecular formula is C14H15O5. The second-order valence-electron chi connectivity index (χ2n) is 4.15. The number of rotatable bonds is 7. The van der Waals surface area contributed by atoms with Gasteiger partial charge in [0.1, 0.15) is 0 Å². The van der Waals surface area contributed by atoms with Gasteiger partial charge in [0.2, 0.25) is 18.2 Å². The third-order valence-electron chi connectivity index (χ3n) is 2.80. The van der Waals surface area contributed by atoms with Crippen LogP contribution in [0, 0.1) is 0 Å². The number of unbranched alkanes of at least 4 members (excludes halogenated alkanes) is 1. The number of carboxylic acids is 1. The Hall–Kier alpha value is -2.01. The summed E-state index contributed by atoms with van der Waals surface area (Å²) < 4.78 is 0. The molecule has 0 bridgehead atoms. The van der Waals surface area contributed by atoms with Crippen LogP contribution in [0.25, 0.3) is 0 Å². The molecule has 0 aliphatic heterocycles. The topological polar surface area (TPSA) is 91.7 Å². The van der Waals surface area contributed by atoms with E-state index in [0.29, 0.717) is 12.0 Å². The van der Waals surface area contributed by atoms with Crippen molar-refractivity contribution in [3.05, 3.63) is 34.9 Å². The molecule has 0 spiro atoms. The summed E-state index contributed by atoms with van der Waals surface area (Å²) in [5, 5.41) is 17.9. The number of aliphatic carboxylic acids is 1. The highest BCUT2D eigenvalue weighted by molar-refractivity contribution is 6.13. The van der Waals surface area contributed by atoms with Gasteiger partial charge in [-0.25, -0.2) is 4.79 Å². The van der Waals surface area contributed by atoms with Crippen LogP contribution in [-0.2, 0) is 16.0 Å². The Labute approximate surface area is 110 Å². The van der Waals surface area contributed by atoms with Crippen LogP contribution in [0.1, 0.15) is 41.3 Å². The molecule has 0 aliphatic rings. The molecule has 0 aromatic heterocycles. The molecule has 1 aromatic rings. The van der Waals surface area contributed by atoms with Gasteiger partial charge in [0, 0.05) is 11.1 Å². The average molecular weight is 263 g/mol. The Kier molecular flexibility index (Phi) is 5.38. The molecule has 0 heterocycles. The van der Waals surface area contributed by atoms with Gasteiger partial charge in [-0.15, -0.1) is 0 Å². The summed E-state index contributed by atoms with van der Waals surface area (Å²) in [7, 11) is 0. The minimum Gasteiger partial charge on any atom is -0.479 e. The molecule has 1 rings (SSSR count). The average Bonchev–Trinajstić information content (AvgIpc) is 2.42. The van der Waals surface area contributed by atoms with Crippen molar-refractivity contribution >= 4 is 18.0 Å². The number of benzene rings is 1. The highest BCUT2D eigenvalue weighted by Gasteiger charge is 2.27. The zero-order valence-electron chi connectivity index (χ0n) is 10.5. The van der Waals surface area contributed by atoms with Crippen molar-refractivity contribution in [1.82, 2.24) is 0 Å². The molecule has 5 heteroatoms. The first-order valence-electron chi connectivity index (χ1n) is 5.98. The predicted octanol–water partition coefficient (Wildman–Crippen LogP) is 1.12. The summed E-state index contributed by atoms with van der Waals surface area (Å²) in [5.41, 5.74) is 0.583. The summed E-state index contributed by atoms with van der Waals surface area (Å²) in [5.74, 6) is -2.63. The van der Waals surface area contributed by atoms with Crippen LogP contribution in [0.5, 0.6) is 0 Å². The molecule has 0 saturated heterocycles. The Bertz CT molecular complexity index is 493. The maximum atomic E-state index is 11.8. The maximum Gasteiger partial charge on any atom is 0.340 e. The van der Waals surface area contributed by atoms with Crippen molar-refractivity contribution in [3.8, 4) is 0 Å². The third-order valence-corrected chi connectivity index (χ3v) is 2.80. The standard InChI is InChI=1S/C14H15O5/c1-2-3-5-9-6-4-7-10(11(9)8-15)12(16)13(17)14(18)19/h4,6-7,13,17H,2-3,5H2,1H3,(H,18,19). The third kappa shape index (κ3) is 3.48. The fourth-order valence-corrected chi connectivity index (χ4v) is 1.76. The number of hydrogen-bond acceptors (Lipinski definition) is 4. The number of aliphatic hydroxyl groups excluding tert-OH is 1. The number of carboxylic acid groups (broad SMARTS) is 1. The van der Waals surface area contributed by atoms with E-state index >= 15 is 0 Å². The Morgan fingerprint density at radius 1 is 1.37 bits per heavy atom. The van der Waals surface area contributed by atoms with Gasteiger partial charge in [-0.2, -0.15) is 0 Å². The van der Waals surface area contributed by atoms with E-state index in [0.717, 1.165) is 12.8 Å². The van der Waals surface area contributed by atoms with Crippen molar-refractivity contribution < 1.29 is 24.6 Å². The molecule has 0 amide bonds. The van der Waals surface area contributed by atoms with Crippen LogP contribution in [0.15, 0.2) is 18.2 Å². The molecular weight excluding hydrogens is 248 g/mol. The van der Waals surface area contributed by atoms with E-state index in [9.17, 15) is 19.5 Å². The molecule has 0 saturated carbocycles. The number of aliphatic hydroxyl groups is 1. The number of ketones is 1. The highest BCUT2D eigenvalue weighted by atomic mass is 16.4. The van der Waals surface area contributed by atoms with Crippen LogP contribution in [0.2, 0.25) is 0 Å². The van der Waals surface area contributed by atoms with E-state index in [-0.39, 0.29) is 11.1 Å². The number of aryl methyl sites for hydroxylation is 1. The van der Waals surface area contributed by atoms with Gasteiger partial charge in [-0.1, -0.05) is 31.5 Å². The van der Waals surface area contributed by atoms with Crippen molar-refractivity contribution in [2.24, 2.45) is 0 Å². The highest BCUT2D eigenvalue weighted by Crippen LogP contribution is 2.17. The Balaban J connectivity index is 3.17. The number of carbonyl (C=O) groups excluding carboxylic acids is 2. The molecule has 0 aliphatic carbocycles. The lowest BCUT2D eigenvalue weighted by Crippen LogP contribution is -2.30. The van der Waals surface area contributed by atoms with Gasteiger partial charge in [0.25, 0.3) is 0 Å². The monoisotopic (exact) mass is 263 g/mol. The first kappa shape index (κ1) is 15.0. The second kappa shape index (κ2) is 6.80. The zero-order valence-corrected chi connectivity index (χ0v) is 10.5. The second-order valence-corrected chi connectivity index (χ2v) is 4.15. The van der Waals surface area contributed by atoms with E-state index in [2.05, 4.69) is 0 Å². The molecule has 19 heavy (non-hydrogen) atoms. The van der Waals surface area contributed by atoms with Crippen molar-refractivity contribution in [2.75, 3.05) is 0 Å². The van der Waals surface area contributed by atoms with Crippen molar-refractivity contribution in [1.29, 1.82) is 0 Å². The van der Waals surface area contributed by atoms with Crippen LogP contribution < -0.4 is 0 Å². The van der Waals surface area contributed by atoms with E-state index in [4.69, 9.17) is 5.11 Å². The molecule has 2 N–H and O–H groups in total. The summed E-state index contributed by atoms with van der Waals surface area (Å²) in [6.45, 7) is 1.99. The predicted molar refractivity (Wildman–Crippen MR) is 67.8 cm³/mol. The molecule has 1 unspecified atom stereocenters. The van der Waals surface area contributed by atoms with E-state index in [1.54, 1.807) is 18.4 Å². The Morgan fingerprint density at radius 3 is 2.58 bits per heavy atom. The lowest BCUT2D eigenvalue weighted by atomic mass is 9.94. The fraction of sp³-hybridized carbons (Fsp3) is 0.357. The van der Waals surface area contributed by atoms with E-state index in [1.165, 1.54) is 6.07 Å². The van der Waals surface area contributed by atoms with Crippen molar-refractivity contribution in [2.45, 2.75) is 32.3 Å². The lowest BCUT2D eigenvalue weighted by Gasteiger charge is -2.10. The number of carbonyl (C=O) groups is 2. The fourth-order valence-electron chi connectivity index (χ4n) is 1.76. The molecule has 0 fully saturated rings. The van der Waals surface area contributed by atoms with Gasteiger partial charge in [0.05, 0.1) is 0 Å². The summed E-state index contributed by atoms with van der Waals surface area (Å²) in [6, 6.07) is 4.58. The largest absolute Gasteiger partial charge is 0.479 e. The molecule has 101 valence electrons. The maximum absolute atomic E-state index is 11.8. The molecule has 1 atom stereocenters. The van der Waals surface area contributed by atoms with Gasteiger partial charge in [-0.05, 0) is 18.4 Å². The number of hydrogen-bond donors (Lipinski definition) is 2. The zero-order chi connectivity index (χ0) is 14.4. The van der Waals surface area contributed by atoms with Gasteiger partial charge < -0.3 is 10.2 Å². The molecule has 1 aromatic carbocycles. The van der Waals surface area contributed by atoms with Gasteiger partial charge >= 0.3 is 5.97 Å². The summed E-state index contributed by atoms with van der Waals surface area (Å²) in [4.78, 5) is 33.4. The number of Topliss-reactive ketones (excluding diaryl/α,β-unsaturated/α-hetero) is 1. The minimum atomic E-state index is -2.16.